The molecule has 9 heteroatoms. The number of methoxy groups -OCH3 is 3. The number of nitrogens with one attached hydrogen (secondary N) is 1. The lowest BCUT2D eigenvalue weighted by Gasteiger charge is -2.25. The van der Waals surface area contributed by atoms with E-state index in [4.69, 9.17) is 19.2 Å². The fourth-order valence-electron chi connectivity index (χ4n) is 4.94. The van der Waals surface area contributed by atoms with Crippen LogP contribution in [0.4, 0.5) is 5.69 Å². The van der Waals surface area contributed by atoms with Gasteiger partial charge in [0.25, 0.3) is 11.5 Å². The summed E-state index contributed by atoms with van der Waals surface area (Å²) in [6.07, 6.45) is 1.78. The summed E-state index contributed by atoms with van der Waals surface area (Å²) < 4.78 is 18.3. The standard InChI is InChI=1S/C32H31N3O5S/c1-18-7-14-25(19(2)15-18)34-30(36)28-20(3)33-32-35(29(28)21-8-11-23(38-4)12-9-21)31(37)27(41-32)16-22-10-13-24(39-5)17-26(22)40-6/h7-17,29H,1-6H3,(H,34,36)/b27-16+/t29-/m1/s1. The number of rotatable bonds is 7. The van der Waals surface area contributed by atoms with Crippen LogP contribution in [0.3, 0.4) is 0 Å². The quantitative estimate of drug-likeness (QED) is 0.354. The lowest BCUT2D eigenvalue weighted by Crippen LogP contribution is -2.40. The molecule has 1 aliphatic rings. The molecule has 0 saturated heterocycles. The molecule has 4 aromatic rings. The van der Waals surface area contributed by atoms with Crippen LogP contribution in [0.2, 0.25) is 0 Å². The van der Waals surface area contributed by atoms with Crippen molar-refractivity contribution in [1.82, 2.24) is 4.57 Å². The van der Waals surface area contributed by atoms with Crippen molar-refractivity contribution in [1.29, 1.82) is 0 Å². The highest BCUT2D eigenvalue weighted by Gasteiger charge is 2.32. The van der Waals surface area contributed by atoms with Gasteiger partial charge in [0.15, 0.2) is 4.80 Å². The van der Waals surface area contributed by atoms with Crippen molar-refractivity contribution >= 4 is 29.0 Å². The van der Waals surface area contributed by atoms with Crippen LogP contribution in [0.5, 0.6) is 17.2 Å². The van der Waals surface area contributed by atoms with Gasteiger partial charge in [-0.2, -0.15) is 0 Å². The zero-order valence-corrected chi connectivity index (χ0v) is 24.6. The van der Waals surface area contributed by atoms with E-state index in [1.165, 1.54) is 11.3 Å². The average molecular weight is 570 g/mol. The van der Waals surface area contributed by atoms with Crippen LogP contribution in [-0.2, 0) is 4.79 Å². The largest absolute Gasteiger partial charge is 0.497 e. The molecule has 0 unspecified atom stereocenters. The number of carbonyl (C=O) groups is 1. The van der Waals surface area contributed by atoms with Gasteiger partial charge in [0.2, 0.25) is 0 Å². The van der Waals surface area contributed by atoms with Crippen LogP contribution in [0, 0.1) is 13.8 Å². The Bertz CT molecular complexity index is 1850. The van der Waals surface area contributed by atoms with E-state index in [0.717, 1.165) is 22.3 Å². The Morgan fingerprint density at radius 1 is 0.927 bits per heavy atom. The SMILES string of the molecule is COc1ccc([C@@H]2C(C(=O)Nc3ccc(C)cc3C)=C(C)N=c3s/c(=C/c4ccc(OC)cc4OC)c(=O)n32)cc1. The zero-order valence-electron chi connectivity index (χ0n) is 23.8. The van der Waals surface area contributed by atoms with Gasteiger partial charge in [0.05, 0.1) is 43.2 Å². The summed E-state index contributed by atoms with van der Waals surface area (Å²) in [5, 5.41) is 3.05. The van der Waals surface area contributed by atoms with Crippen LogP contribution in [0.15, 0.2) is 81.7 Å². The molecule has 0 aliphatic carbocycles. The monoisotopic (exact) mass is 569 g/mol. The molecule has 1 N–H and O–H groups in total. The molecule has 0 radical (unpaired) electrons. The second-order valence-corrected chi connectivity index (χ2v) is 10.7. The second kappa shape index (κ2) is 11.5. The number of anilines is 1. The third kappa shape index (κ3) is 5.40. The average Bonchev–Trinajstić information content (AvgIpc) is 3.27. The summed E-state index contributed by atoms with van der Waals surface area (Å²) in [4.78, 5) is 33.1. The maximum Gasteiger partial charge on any atom is 0.271 e. The van der Waals surface area contributed by atoms with E-state index in [9.17, 15) is 9.59 Å². The number of benzene rings is 3. The molecule has 1 atom stereocenters. The van der Waals surface area contributed by atoms with Gasteiger partial charge < -0.3 is 19.5 Å². The molecule has 3 aromatic carbocycles. The first kappa shape index (κ1) is 27.9. The van der Waals surface area contributed by atoms with Crippen molar-refractivity contribution in [2.75, 3.05) is 26.6 Å². The van der Waals surface area contributed by atoms with Gasteiger partial charge in [-0.05, 0) is 68.3 Å². The number of ether oxygens (including phenoxy) is 3. The molecule has 0 spiro atoms. The molecule has 41 heavy (non-hydrogen) atoms. The molecule has 5 rings (SSSR count). The number of thiazole rings is 1. The Kier molecular flexibility index (Phi) is 7.81. The van der Waals surface area contributed by atoms with Crippen LogP contribution in [0.25, 0.3) is 6.08 Å². The number of aryl methyl sites for hydroxylation is 2. The van der Waals surface area contributed by atoms with Crippen molar-refractivity contribution in [3.63, 3.8) is 0 Å². The molecule has 8 nitrogen and oxygen atoms in total. The summed E-state index contributed by atoms with van der Waals surface area (Å²) in [7, 11) is 4.75. The topological polar surface area (TPSA) is 91.2 Å². The highest BCUT2D eigenvalue weighted by Crippen LogP contribution is 2.32. The van der Waals surface area contributed by atoms with Gasteiger partial charge in [0, 0.05) is 17.3 Å². The molecular weight excluding hydrogens is 538 g/mol. The maximum atomic E-state index is 14.0. The van der Waals surface area contributed by atoms with E-state index in [-0.39, 0.29) is 11.5 Å². The first-order valence-corrected chi connectivity index (χ1v) is 13.8. The second-order valence-electron chi connectivity index (χ2n) is 9.74. The number of carbonyl (C=O) groups excluding carboxylic acids is 1. The number of fused-ring (bicyclic) bond motifs is 1. The van der Waals surface area contributed by atoms with Crippen molar-refractivity contribution in [2.24, 2.45) is 4.99 Å². The minimum atomic E-state index is -0.692. The Morgan fingerprint density at radius 3 is 2.29 bits per heavy atom. The molecule has 210 valence electrons. The summed E-state index contributed by atoms with van der Waals surface area (Å²) in [5.41, 5.74) is 4.94. The molecule has 1 amide bonds. The van der Waals surface area contributed by atoms with Crippen LogP contribution in [0.1, 0.15) is 35.2 Å². The number of nitrogens with zero attached hydrogens (tertiary/aromatic N) is 2. The first-order chi connectivity index (χ1) is 19.7. The van der Waals surface area contributed by atoms with E-state index in [0.29, 0.717) is 43.5 Å². The molecule has 1 aliphatic heterocycles. The van der Waals surface area contributed by atoms with Gasteiger partial charge in [-0.1, -0.05) is 41.2 Å². The number of aromatic nitrogens is 1. The van der Waals surface area contributed by atoms with Crippen molar-refractivity contribution < 1.29 is 19.0 Å². The fraction of sp³-hybridized carbons (Fsp3) is 0.219. The number of hydrogen-bond donors (Lipinski definition) is 1. The summed E-state index contributed by atoms with van der Waals surface area (Å²) in [6.45, 7) is 5.76. The minimum absolute atomic E-state index is 0.253. The van der Waals surface area contributed by atoms with Crippen LogP contribution < -0.4 is 34.4 Å². The third-order valence-electron chi connectivity index (χ3n) is 7.06. The molecule has 2 heterocycles. The predicted molar refractivity (Wildman–Crippen MR) is 161 cm³/mol. The molecule has 0 bridgehead atoms. The summed E-state index contributed by atoms with van der Waals surface area (Å²) in [5.74, 6) is 1.58. The highest BCUT2D eigenvalue weighted by molar-refractivity contribution is 7.07. The van der Waals surface area contributed by atoms with E-state index >= 15 is 0 Å². The Hall–Kier alpha value is -4.63. The summed E-state index contributed by atoms with van der Waals surface area (Å²) >= 11 is 1.27. The van der Waals surface area contributed by atoms with Crippen molar-refractivity contribution in [3.05, 3.63) is 114 Å². The van der Waals surface area contributed by atoms with Crippen molar-refractivity contribution in [3.8, 4) is 17.2 Å². The Balaban J connectivity index is 1.67. The fourth-order valence-corrected chi connectivity index (χ4v) is 5.97. The third-order valence-corrected chi connectivity index (χ3v) is 8.04. The highest BCUT2D eigenvalue weighted by atomic mass is 32.1. The lowest BCUT2D eigenvalue weighted by atomic mass is 9.95. The first-order valence-electron chi connectivity index (χ1n) is 13.0. The lowest BCUT2D eigenvalue weighted by molar-refractivity contribution is -0.113. The van der Waals surface area contributed by atoms with Gasteiger partial charge in [-0.25, -0.2) is 4.99 Å². The molecule has 0 fully saturated rings. The normalized spacial score (nSPS) is 14.8. The van der Waals surface area contributed by atoms with E-state index in [1.54, 1.807) is 45.0 Å². The number of hydrogen-bond acceptors (Lipinski definition) is 7. The Morgan fingerprint density at radius 2 is 1.63 bits per heavy atom. The van der Waals surface area contributed by atoms with E-state index < -0.39 is 6.04 Å². The van der Waals surface area contributed by atoms with Gasteiger partial charge in [-0.15, -0.1) is 0 Å². The van der Waals surface area contributed by atoms with E-state index in [1.807, 2.05) is 68.4 Å². The smallest absolute Gasteiger partial charge is 0.271 e. The van der Waals surface area contributed by atoms with Crippen molar-refractivity contribution in [2.45, 2.75) is 26.8 Å². The zero-order chi connectivity index (χ0) is 29.3. The van der Waals surface area contributed by atoms with E-state index in [2.05, 4.69) is 5.32 Å². The van der Waals surface area contributed by atoms with Gasteiger partial charge >= 0.3 is 0 Å². The summed E-state index contributed by atoms with van der Waals surface area (Å²) in [6, 6.07) is 18.0. The molecule has 1 aromatic heterocycles. The predicted octanol–water partition coefficient (Wildman–Crippen LogP) is 4.52. The number of allylic oxidation sites excluding steroid dienone is 1. The minimum Gasteiger partial charge on any atom is -0.497 e. The van der Waals surface area contributed by atoms with Gasteiger partial charge in [0.1, 0.15) is 17.2 Å². The van der Waals surface area contributed by atoms with Crippen LogP contribution in [-0.4, -0.2) is 31.8 Å². The molecular formula is C32H31N3O5S. The maximum absolute atomic E-state index is 14.0. The Labute approximate surface area is 241 Å². The molecule has 0 saturated carbocycles. The van der Waals surface area contributed by atoms with Crippen LogP contribution >= 0.6 is 11.3 Å². The number of amides is 1. The van der Waals surface area contributed by atoms with Gasteiger partial charge in [-0.3, -0.25) is 14.2 Å².